The minimum absolute atomic E-state index is 0.198. The van der Waals surface area contributed by atoms with Crippen LogP contribution in [-0.2, 0) is 4.84 Å². The number of halogens is 2. The Morgan fingerprint density at radius 3 is 3.00 bits per heavy atom. The van der Waals surface area contributed by atoms with Gasteiger partial charge in [0.25, 0.3) is 0 Å². The minimum atomic E-state index is -0.581. The Morgan fingerprint density at radius 2 is 2.12 bits per heavy atom. The van der Waals surface area contributed by atoms with Gasteiger partial charge in [0.2, 0.25) is 0 Å². The molecule has 2 aromatic heterocycles. The maximum atomic E-state index is 14.1. The van der Waals surface area contributed by atoms with Crippen molar-refractivity contribution in [2.45, 2.75) is 18.9 Å². The number of carbonyl (C=O) groups is 1. The van der Waals surface area contributed by atoms with Gasteiger partial charge < -0.3 is 4.84 Å². The molecule has 0 aliphatic carbocycles. The summed E-state index contributed by atoms with van der Waals surface area (Å²) in [6.45, 7) is 0.461. The molecule has 5 nitrogen and oxygen atoms in total. The van der Waals surface area contributed by atoms with Crippen molar-refractivity contribution >= 4 is 11.6 Å². The number of pyridine rings is 1. The lowest BCUT2D eigenvalue weighted by atomic mass is 10.0. The zero-order chi connectivity index (χ0) is 17.4. The van der Waals surface area contributed by atoms with Gasteiger partial charge >= 0.3 is 5.97 Å². The summed E-state index contributed by atoms with van der Waals surface area (Å²) in [7, 11) is 0. The summed E-state index contributed by atoms with van der Waals surface area (Å²) in [5.41, 5.74) is 1.10. The molecule has 3 heterocycles. The molecule has 0 N–H and O–H groups in total. The predicted molar refractivity (Wildman–Crippen MR) is 85.6 cm³/mol. The van der Waals surface area contributed by atoms with Crippen LogP contribution >= 0.6 is 0 Å². The predicted octanol–water partition coefficient (Wildman–Crippen LogP) is 3.52. The third-order valence-electron chi connectivity index (χ3n) is 4.35. The molecule has 7 heteroatoms. The van der Waals surface area contributed by atoms with Gasteiger partial charge in [0.15, 0.2) is 5.69 Å². The third kappa shape index (κ3) is 2.87. The number of fused-ring (bicyclic) bond motifs is 1. The van der Waals surface area contributed by atoms with E-state index in [0.29, 0.717) is 18.6 Å². The fourth-order valence-electron chi connectivity index (χ4n) is 3.17. The first-order chi connectivity index (χ1) is 12.1. The molecule has 0 saturated carbocycles. The summed E-state index contributed by atoms with van der Waals surface area (Å²) < 4.78 is 29.2. The molecule has 0 spiro atoms. The van der Waals surface area contributed by atoms with Crippen LogP contribution in [0.3, 0.4) is 0 Å². The van der Waals surface area contributed by atoms with Gasteiger partial charge in [-0.25, -0.2) is 18.6 Å². The third-order valence-corrected chi connectivity index (χ3v) is 4.35. The highest BCUT2D eigenvalue weighted by Crippen LogP contribution is 2.34. The summed E-state index contributed by atoms with van der Waals surface area (Å²) in [5, 5.41) is 1.42. The lowest BCUT2D eigenvalue weighted by Crippen LogP contribution is -2.28. The Kier molecular flexibility index (Phi) is 3.93. The lowest BCUT2D eigenvalue weighted by Gasteiger charge is -2.23. The molecule has 1 saturated heterocycles. The average Bonchev–Trinajstić information content (AvgIpc) is 3.23. The standard InChI is InChI=1S/C18H15F2N3O2/c19-12-6-7-14(20)13(10-12)15-4-3-9-23(15)25-18(24)16-11-21-17-5-1-2-8-22(16)17/h1-2,5-8,10-11,15H,3-4,9H2/t15-/m1/s1. The summed E-state index contributed by atoms with van der Waals surface area (Å²) in [4.78, 5) is 22.1. The quantitative estimate of drug-likeness (QED) is 0.730. The van der Waals surface area contributed by atoms with E-state index in [0.717, 1.165) is 24.6 Å². The van der Waals surface area contributed by atoms with Crippen LogP contribution in [0.15, 0.2) is 48.8 Å². The highest BCUT2D eigenvalue weighted by atomic mass is 19.1. The van der Waals surface area contributed by atoms with Crippen molar-refractivity contribution in [1.82, 2.24) is 14.4 Å². The zero-order valence-corrected chi connectivity index (χ0v) is 13.2. The van der Waals surface area contributed by atoms with E-state index in [4.69, 9.17) is 4.84 Å². The molecule has 1 aromatic carbocycles. The Labute approximate surface area is 142 Å². The number of rotatable bonds is 3. The molecule has 0 bridgehead atoms. The zero-order valence-electron chi connectivity index (χ0n) is 13.2. The SMILES string of the molecule is O=C(ON1CCC[C@@H]1c1cc(F)ccc1F)c1cnc2ccccn12. The highest BCUT2D eigenvalue weighted by Gasteiger charge is 2.32. The normalized spacial score (nSPS) is 17.9. The van der Waals surface area contributed by atoms with Gasteiger partial charge in [-0.2, -0.15) is 0 Å². The number of nitrogens with zero attached hydrogens (tertiary/aromatic N) is 3. The van der Waals surface area contributed by atoms with Crippen molar-refractivity contribution in [2.75, 3.05) is 6.54 Å². The molecule has 1 aliphatic rings. The number of aromatic nitrogens is 2. The van der Waals surface area contributed by atoms with Crippen LogP contribution in [0.5, 0.6) is 0 Å². The number of imidazole rings is 1. The van der Waals surface area contributed by atoms with Gasteiger partial charge in [-0.05, 0) is 43.2 Å². The van der Waals surface area contributed by atoms with Gasteiger partial charge in [0.1, 0.15) is 17.3 Å². The van der Waals surface area contributed by atoms with Crippen LogP contribution in [0.4, 0.5) is 8.78 Å². The Balaban J connectivity index is 1.59. The van der Waals surface area contributed by atoms with E-state index >= 15 is 0 Å². The summed E-state index contributed by atoms with van der Waals surface area (Å²) >= 11 is 0. The summed E-state index contributed by atoms with van der Waals surface area (Å²) in [6.07, 6.45) is 4.46. The van der Waals surface area contributed by atoms with Crippen molar-refractivity contribution in [2.24, 2.45) is 0 Å². The molecule has 4 rings (SSSR count). The summed E-state index contributed by atoms with van der Waals surface area (Å²) in [5.74, 6) is -1.61. The van der Waals surface area contributed by atoms with Crippen molar-refractivity contribution in [3.05, 3.63) is 71.7 Å². The molecule has 25 heavy (non-hydrogen) atoms. The maximum Gasteiger partial charge on any atom is 0.375 e. The molecule has 1 aliphatic heterocycles. The van der Waals surface area contributed by atoms with E-state index in [1.807, 2.05) is 6.07 Å². The molecule has 0 unspecified atom stereocenters. The van der Waals surface area contributed by atoms with Crippen molar-refractivity contribution < 1.29 is 18.4 Å². The molecule has 128 valence electrons. The Bertz CT molecular complexity index is 941. The highest BCUT2D eigenvalue weighted by molar-refractivity contribution is 5.88. The van der Waals surface area contributed by atoms with Crippen molar-refractivity contribution in [1.29, 1.82) is 0 Å². The van der Waals surface area contributed by atoms with Crippen LogP contribution < -0.4 is 0 Å². The van der Waals surface area contributed by atoms with Gasteiger partial charge in [0, 0.05) is 18.3 Å². The van der Waals surface area contributed by atoms with E-state index < -0.39 is 23.6 Å². The first kappa shape index (κ1) is 15.7. The van der Waals surface area contributed by atoms with Crippen molar-refractivity contribution in [3.63, 3.8) is 0 Å². The van der Waals surface area contributed by atoms with Crippen LogP contribution in [0.1, 0.15) is 34.9 Å². The van der Waals surface area contributed by atoms with Gasteiger partial charge in [-0.15, -0.1) is 5.06 Å². The average molecular weight is 343 g/mol. The first-order valence-electron chi connectivity index (χ1n) is 7.99. The second kappa shape index (κ2) is 6.25. The van der Waals surface area contributed by atoms with Crippen LogP contribution in [-0.4, -0.2) is 27.0 Å². The Morgan fingerprint density at radius 1 is 1.24 bits per heavy atom. The number of carbonyl (C=O) groups excluding carboxylic acids is 1. The lowest BCUT2D eigenvalue weighted by molar-refractivity contribution is -0.121. The number of hydroxylamine groups is 2. The topological polar surface area (TPSA) is 46.8 Å². The fraction of sp³-hybridized carbons (Fsp3) is 0.222. The second-order valence-electron chi connectivity index (χ2n) is 5.92. The van der Waals surface area contributed by atoms with E-state index in [-0.39, 0.29) is 11.3 Å². The monoisotopic (exact) mass is 343 g/mol. The number of benzene rings is 1. The minimum Gasteiger partial charge on any atom is -0.362 e. The van der Waals surface area contributed by atoms with Crippen LogP contribution in [0.25, 0.3) is 5.65 Å². The van der Waals surface area contributed by atoms with E-state index in [9.17, 15) is 13.6 Å². The molecule has 0 amide bonds. The van der Waals surface area contributed by atoms with Crippen molar-refractivity contribution in [3.8, 4) is 0 Å². The molecule has 1 atom stereocenters. The van der Waals surface area contributed by atoms with Crippen LogP contribution in [0, 0.1) is 11.6 Å². The maximum absolute atomic E-state index is 14.1. The molecule has 3 aromatic rings. The van der Waals surface area contributed by atoms with E-state index in [1.165, 1.54) is 11.3 Å². The van der Waals surface area contributed by atoms with Gasteiger partial charge in [-0.3, -0.25) is 4.40 Å². The Hall–Kier alpha value is -2.80. The van der Waals surface area contributed by atoms with E-state index in [1.54, 1.807) is 22.7 Å². The number of hydrogen-bond donors (Lipinski definition) is 0. The molecule has 1 fully saturated rings. The molecule has 0 radical (unpaired) electrons. The smallest absolute Gasteiger partial charge is 0.362 e. The summed E-state index contributed by atoms with van der Waals surface area (Å²) in [6, 6.07) is 8.19. The molecular formula is C18H15F2N3O2. The largest absolute Gasteiger partial charge is 0.375 e. The fourth-order valence-corrected chi connectivity index (χ4v) is 3.17. The number of hydrogen-bond acceptors (Lipinski definition) is 4. The van der Waals surface area contributed by atoms with Gasteiger partial charge in [-0.1, -0.05) is 6.07 Å². The second-order valence-corrected chi connectivity index (χ2v) is 5.92. The molecular weight excluding hydrogens is 328 g/mol. The van der Waals surface area contributed by atoms with E-state index in [2.05, 4.69) is 4.98 Å². The first-order valence-corrected chi connectivity index (χ1v) is 7.99. The van der Waals surface area contributed by atoms with Gasteiger partial charge in [0.05, 0.1) is 12.2 Å². The van der Waals surface area contributed by atoms with Crippen LogP contribution in [0.2, 0.25) is 0 Å².